The molecule has 0 aromatic rings. The summed E-state index contributed by atoms with van der Waals surface area (Å²) >= 11 is 9.51. The van der Waals surface area contributed by atoms with Gasteiger partial charge < -0.3 is 29.7 Å². The van der Waals surface area contributed by atoms with E-state index < -0.39 is 0 Å². The molecule has 0 fully saturated rings. The summed E-state index contributed by atoms with van der Waals surface area (Å²) in [6.45, 7) is 5.95. The monoisotopic (exact) mass is 247 g/mol. The van der Waals surface area contributed by atoms with E-state index in [2.05, 4.69) is 0 Å². The van der Waals surface area contributed by atoms with Crippen molar-refractivity contribution in [2.24, 2.45) is 0 Å². The van der Waals surface area contributed by atoms with Gasteiger partial charge in [0.1, 0.15) is 0 Å². The fourth-order valence-corrected chi connectivity index (χ4v) is 0.998. The number of nitrogens with zero attached hydrogens (tertiary/aromatic N) is 1. The van der Waals surface area contributed by atoms with E-state index in [0.717, 1.165) is 13.1 Å². The van der Waals surface area contributed by atoms with Gasteiger partial charge in [0.05, 0.1) is 0 Å². The number of thiocarbonyl (C=S) groups is 1. The van der Waals surface area contributed by atoms with E-state index in [4.69, 9.17) is 24.8 Å². The van der Waals surface area contributed by atoms with Crippen LogP contribution in [0.4, 0.5) is 0 Å². The van der Waals surface area contributed by atoms with Crippen LogP contribution in [0.2, 0.25) is 0 Å². The van der Waals surface area contributed by atoms with Crippen molar-refractivity contribution in [1.82, 2.24) is 4.90 Å². The first-order valence-corrected chi connectivity index (χ1v) is 3.50. The second-order valence-electron chi connectivity index (χ2n) is 1.44. The van der Waals surface area contributed by atoms with E-state index in [1.165, 1.54) is 0 Å². The summed E-state index contributed by atoms with van der Waals surface area (Å²) in [5.41, 5.74) is 0. The first-order valence-electron chi connectivity index (χ1n) is 2.68. The van der Waals surface area contributed by atoms with Gasteiger partial charge in [-0.2, -0.15) is 0 Å². The van der Waals surface area contributed by atoms with Gasteiger partial charge in [-0.05, 0) is 13.8 Å². The summed E-state index contributed by atoms with van der Waals surface area (Å²) in [6, 6.07) is 0. The normalized spacial score (nSPS) is 7.78. The van der Waals surface area contributed by atoms with Crippen LogP contribution in [0.3, 0.4) is 0 Å². The SMILES string of the molecule is CCN(CC)C(=S)[S-].[99Tc]. The van der Waals surface area contributed by atoms with Gasteiger partial charge in [0.25, 0.3) is 0 Å². The molecule has 55 valence electrons. The summed E-state index contributed by atoms with van der Waals surface area (Å²) in [4.78, 5) is 1.96. The summed E-state index contributed by atoms with van der Waals surface area (Å²) < 4.78 is 0.579. The second-order valence-corrected chi connectivity index (χ2v) is 2.47. The Labute approximate surface area is 81.0 Å². The maximum absolute atomic E-state index is 4.76. The third kappa shape index (κ3) is 5.22. The van der Waals surface area contributed by atoms with Crippen LogP contribution in [0.5, 0.6) is 0 Å². The Kier molecular flexibility index (Phi) is 9.50. The molecule has 1 nitrogen and oxygen atoms in total. The average Bonchev–Trinajstić information content (AvgIpc) is 1.69. The molecule has 4 heteroatoms. The van der Waals surface area contributed by atoms with Gasteiger partial charge in [-0.3, -0.25) is 0 Å². The minimum absolute atomic E-state index is 0. The quantitative estimate of drug-likeness (QED) is 0.532. The molecule has 0 atom stereocenters. The molecule has 0 aromatic carbocycles. The van der Waals surface area contributed by atoms with Crippen LogP contribution in [0, 0.1) is 0 Å². The first-order chi connectivity index (χ1) is 3.72. The fourth-order valence-electron chi connectivity index (χ4n) is 0.482. The van der Waals surface area contributed by atoms with Crippen LogP contribution in [0.25, 0.3) is 0 Å². The Morgan fingerprint density at radius 1 is 1.44 bits per heavy atom. The van der Waals surface area contributed by atoms with Crippen molar-refractivity contribution in [1.29, 1.82) is 0 Å². The predicted molar refractivity (Wildman–Crippen MR) is 42.9 cm³/mol. The van der Waals surface area contributed by atoms with Gasteiger partial charge in [-0.25, -0.2) is 0 Å². The van der Waals surface area contributed by atoms with Crippen LogP contribution in [-0.2, 0) is 32.7 Å². The smallest absolute Gasteiger partial charge is 0.0133 e. The van der Waals surface area contributed by atoms with Gasteiger partial charge in [0.15, 0.2) is 0 Å². The molecule has 0 unspecified atom stereocenters. The molecule has 0 aliphatic carbocycles. The Hall–Kier alpha value is 0.759. The van der Waals surface area contributed by atoms with Crippen molar-refractivity contribution >= 4 is 29.2 Å². The fraction of sp³-hybridized carbons (Fsp3) is 0.800. The predicted octanol–water partition coefficient (Wildman–Crippen LogP) is 1.16. The van der Waals surface area contributed by atoms with E-state index >= 15 is 0 Å². The summed E-state index contributed by atoms with van der Waals surface area (Å²) in [5, 5.41) is 0. The zero-order valence-electron chi connectivity index (χ0n) is 5.56. The second kappa shape index (κ2) is 6.87. The Balaban J connectivity index is 0. The van der Waals surface area contributed by atoms with Crippen molar-refractivity contribution in [3.63, 3.8) is 0 Å². The molecule has 0 rings (SSSR count). The Morgan fingerprint density at radius 2 is 1.78 bits per heavy atom. The molecule has 0 saturated carbocycles. The zero-order chi connectivity index (χ0) is 6.57. The maximum atomic E-state index is 4.76. The first kappa shape index (κ1) is 12.4. The molecule has 1 radical (unpaired) electrons. The van der Waals surface area contributed by atoms with Crippen molar-refractivity contribution in [2.45, 2.75) is 13.8 Å². The molecule has 0 spiro atoms. The molecule has 0 bridgehead atoms. The van der Waals surface area contributed by atoms with Gasteiger partial charge in [0, 0.05) is 33.2 Å². The molecule has 9 heavy (non-hydrogen) atoms. The van der Waals surface area contributed by atoms with E-state index in [1.807, 2.05) is 18.7 Å². The van der Waals surface area contributed by atoms with E-state index in [0.29, 0.717) is 4.32 Å². The van der Waals surface area contributed by atoms with Gasteiger partial charge >= 0.3 is 0 Å². The van der Waals surface area contributed by atoms with Gasteiger partial charge in [0.2, 0.25) is 0 Å². The topological polar surface area (TPSA) is 3.24 Å². The molecular formula is C5H10NS2Tc-. The van der Waals surface area contributed by atoms with Gasteiger partial charge in [-0.15, -0.1) is 0 Å². The molecular weight excluding hydrogens is 237 g/mol. The number of hydrogen-bond donors (Lipinski definition) is 0. The van der Waals surface area contributed by atoms with Crippen LogP contribution >= 0.6 is 12.2 Å². The van der Waals surface area contributed by atoms with E-state index in [9.17, 15) is 0 Å². The summed E-state index contributed by atoms with van der Waals surface area (Å²) in [5.74, 6) is 0. The largest absolute Gasteiger partial charge is 0.411 e. The van der Waals surface area contributed by atoms with Crippen LogP contribution in [0.15, 0.2) is 0 Å². The maximum Gasteiger partial charge on any atom is 0.0133 e. The summed E-state index contributed by atoms with van der Waals surface area (Å²) in [6.07, 6.45) is 0. The van der Waals surface area contributed by atoms with Crippen molar-refractivity contribution in [3.8, 4) is 0 Å². The Morgan fingerprint density at radius 3 is 1.78 bits per heavy atom. The molecule has 0 saturated heterocycles. The van der Waals surface area contributed by atoms with Crippen LogP contribution in [0.1, 0.15) is 13.8 Å². The summed E-state index contributed by atoms with van der Waals surface area (Å²) in [7, 11) is 0. The number of hydrogen-bond acceptors (Lipinski definition) is 2. The van der Waals surface area contributed by atoms with Crippen molar-refractivity contribution in [3.05, 3.63) is 0 Å². The third-order valence-corrected chi connectivity index (χ3v) is 1.54. The minimum atomic E-state index is 0. The Bertz CT molecular complexity index is 83.0. The van der Waals surface area contributed by atoms with E-state index in [-0.39, 0.29) is 20.1 Å². The standard InChI is InChI=1S/C5H11NS2.Tc/c1-3-6(4-2)5(7)8;/h3-4H2,1-2H3,(H,7,8);/p-1/i;1+1. The molecule has 0 amide bonds. The van der Waals surface area contributed by atoms with Crippen LogP contribution < -0.4 is 0 Å². The zero-order valence-corrected chi connectivity index (χ0v) is 9.05. The third-order valence-electron chi connectivity index (χ3n) is 1.02. The molecule has 0 heterocycles. The van der Waals surface area contributed by atoms with Crippen molar-refractivity contribution < 1.29 is 20.1 Å². The van der Waals surface area contributed by atoms with E-state index in [1.54, 1.807) is 0 Å². The molecule has 0 aliphatic rings. The average molecular weight is 247 g/mol. The van der Waals surface area contributed by atoms with Crippen molar-refractivity contribution in [2.75, 3.05) is 13.1 Å². The molecule has 0 aromatic heterocycles. The van der Waals surface area contributed by atoms with Gasteiger partial charge in [-0.1, -0.05) is 4.32 Å². The minimum Gasteiger partial charge on any atom is -0.411 e. The molecule has 0 N–H and O–H groups in total. The van der Waals surface area contributed by atoms with Crippen LogP contribution in [-0.4, -0.2) is 22.3 Å². The number of rotatable bonds is 2. The molecule has 0 aliphatic heterocycles.